The van der Waals surface area contributed by atoms with Crippen molar-refractivity contribution < 1.29 is 19.4 Å². The maximum absolute atomic E-state index is 12.0. The van der Waals surface area contributed by atoms with Gasteiger partial charge in [0.1, 0.15) is 5.60 Å². The van der Waals surface area contributed by atoms with Crippen molar-refractivity contribution in [2.24, 2.45) is 11.7 Å². The van der Waals surface area contributed by atoms with Crippen LogP contribution in [0.5, 0.6) is 0 Å². The molecule has 0 amide bonds. The highest BCUT2D eigenvalue weighted by Gasteiger charge is 2.36. The van der Waals surface area contributed by atoms with Crippen LogP contribution in [0, 0.1) is 9.49 Å². The quantitative estimate of drug-likeness (QED) is 0.446. The fourth-order valence-corrected chi connectivity index (χ4v) is 2.19. The first-order valence-electron chi connectivity index (χ1n) is 6.56. The van der Waals surface area contributed by atoms with Crippen molar-refractivity contribution in [1.82, 2.24) is 0 Å². The van der Waals surface area contributed by atoms with Gasteiger partial charge in [0, 0.05) is 9.61 Å². The van der Waals surface area contributed by atoms with Gasteiger partial charge in [-0.15, -0.1) is 0 Å². The van der Waals surface area contributed by atoms with E-state index in [2.05, 4.69) is 22.6 Å². The van der Waals surface area contributed by atoms with E-state index in [1.807, 2.05) is 24.3 Å². The van der Waals surface area contributed by atoms with Crippen LogP contribution in [0.1, 0.15) is 26.3 Å². The molecular formula is C15H20INO4. The van der Waals surface area contributed by atoms with E-state index < -0.39 is 29.5 Å². The minimum Gasteiger partial charge on any atom is -0.481 e. The molecule has 0 aliphatic carbocycles. The molecule has 2 atom stereocenters. The second kappa shape index (κ2) is 7.22. The number of carbonyl (C=O) groups is 2. The van der Waals surface area contributed by atoms with Crippen LogP contribution in [-0.4, -0.2) is 28.7 Å². The summed E-state index contributed by atoms with van der Waals surface area (Å²) in [5.41, 5.74) is 6.07. The van der Waals surface area contributed by atoms with Gasteiger partial charge in [-0.2, -0.15) is 0 Å². The molecule has 0 aromatic heterocycles. The number of benzene rings is 1. The summed E-state index contributed by atoms with van der Waals surface area (Å²) in [5.74, 6) is -3.43. The molecule has 0 saturated carbocycles. The molecular weight excluding hydrogens is 385 g/mol. The summed E-state index contributed by atoms with van der Waals surface area (Å²) in [6.07, 6.45) is 0.299. The number of nitrogens with two attached hydrogens (primary N) is 1. The average Bonchev–Trinajstić information content (AvgIpc) is 2.29. The SMILES string of the molecule is CC(C)(C)OC(=O)[C@H](C(=O)O)[C@@H](N)Cc1ccc(I)cc1. The van der Waals surface area contributed by atoms with Crippen LogP contribution >= 0.6 is 22.6 Å². The number of carboxylic acids is 1. The van der Waals surface area contributed by atoms with Crippen LogP contribution in [0.3, 0.4) is 0 Å². The second-order valence-electron chi connectivity index (χ2n) is 5.84. The Labute approximate surface area is 138 Å². The Morgan fingerprint density at radius 3 is 2.24 bits per heavy atom. The summed E-state index contributed by atoms with van der Waals surface area (Å²) in [5, 5.41) is 9.25. The van der Waals surface area contributed by atoms with Gasteiger partial charge in [0.2, 0.25) is 0 Å². The van der Waals surface area contributed by atoms with Gasteiger partial charge in [-0.25, -0.2) is 0 Å². The van der Waals surface area contributed by atoms with E-state index in [-0.39, 0.29) is 0 Å². The molecule has 1 aromatic carbocycles. The average molecular weight is 405 g/mol. The largest absolute Gasteiger partial charge is 0.481 e. The highest BCUT2D eigenvalue weighted by atomic mass is 127. The first kappa shape index (κ1) is 17.9. The van der Waals surface area contributed by atoms with E-state index >= 15 is 0 Å². The molecule has 1 aromatic rings. The maximum atomic E-state index is 12.0. The number of ether oxygens (including phenoxy) is 1. The summed E-state index contributed by atoms with van der Waals surface area (Å²) >= 11 is 2.18. The lowest BCUT2D eigenvalue weighted by atomic mass is 9.94. The third kappa shape index (κ3) is 6.01. The highest BCUT2D eigenvalue weighted by molar-refractivity contribution is 14.1. The second-order valence-corrected chi connectivity index (χ2v) is 7.09. The topological polar surface area (TPSA) is 89.6 Å². The first-order valence-corrected chi connectivity index (χ1v) is 7.64. The number of hydrogen-bond acceptors (Lipinski definition) is 4. The molecule has 1 rings (SSSR count). The van der Waals surface area contributed by atoms with Crippen LogP contribution in [0.25, 0.3) is 0 Å². The van der Waals surface area contributed by atoms with Gasteiger partial charge < -0.3 is 15.6 Å². The van der Waals surface area contributed by atoms with Gasteiger partial charge in [0.15, 0.2) is 5.92 Å². The molecule has 5 nitrogen and oxygen atoms in total. The summed E-state index contributed by atoms with van der Waals surface area (Å²) in [4.78, 5) is 23.3. The van der Waals surface area contributed by atoms with E-state index in [0.717, 1.165) is 9.13 Å². The van der Waals surface area contributed by atoms with Gasteiger partial charge in [-0.05, 0) is 67.5 Å². The molecule has 0 saturated heterocycles. The van der Waals surface area contributed by atoms with Crippen molar-refractivity contribution in [3.8, 4) is 0 Å². The molecule has 0 spiro atoms. The first-order chi connectivity index (χ1) is 9.60. The smallest absolute Gasteiger partial charge is 0.322 e. The number of rotatable bonds is 5. The number of esters is 1. The van der Waals surface area contributed by atoms with Crippen LogP contribution < -0.4 is 5.73 Å². The predicted octanol–water partition coefficient (Wildman–Crippen LogP) is 2.20. The third-order valence-electron chi connectivity index (χ3n) is 2.74. The van der Waals surface area contributed by atoms with Crippen LogP contribution in [-0.2, 0) is 20.7 Å². The molecule has 6 heteroatoms. The van der Waals surface area contributed by atoms with E-state index in [4.69, 9.17) is 10.5 Å². The highest BCUT2D eigenvalue weighted by Crippen LogP contribution is 2.17. The van der Waals surface area contributed by atoms with Crippen LogP contribution in [0.2, 0.25) is 0 Å². The van der Waals surface area contributed by atoms with E-state index in [1.165, 1.54) is 0 Å². The molecule has 0 radical (unpaired) electrons. The minimum absolute atomic E-state index is 0.299. The number of halogens is 1. The Morgan fingerprint density at radius 1 is 1.29 bits per heavy atom. The lowest BCUT2D eigenvalue weighted by Gasteiger charge is -2.25. The van der Waals surface area contributed by atoms with Crippen molar-refractivity contribution in [1.29, 1.82) is 0 Å². The lowest BCUT2D eigenvalue weighted by molar-refractivity contribution is -0.167. The number of carboxylic acid groups (broad SMARTS) is 1. The zero-order valence-electron chi connectivity index (χ0n) is 12.3. The molecule has 0 bridgehead atoms. The number of carbonyl (C=O) groups excluding carboxylic acids is 1. The molecule has 0 fully saturated rings. The normalized spacial score (nSPS) is 14.3. The Kier molecular flexibility index (Phi) is 6.15. The van der Waals surface area contributed by atoms with Gasteiger partial charge in [-0.3, -0.25) is 9.59 Å². The number of aliphatic carboxylic acids is 1. The van der Waals surface area contributed by atoms with Gasteiger partial charge in [0.05, 0.1) is 0 Å². The Morgan fingerprint density at radius 2 is 1.81 bits per heavy atom. The van der Waals surface area contributed by atoms with Gasteiger partial charge in [-0.1, -0.05) is 12.1 Å². The zero-order valence-corrected chi connectivity index (χ0v) is 14.5. The Balaban J connectivity index is 2.82. The predicted molar refractivity (Wildman–Crippen MR) is 87.8 cm³/mol. The Hall–Kier alpha value is -1.15. The lowest BCUT2D eigenvalue weighted by Crippen LogP contribution is -2.45. The van der Waals surface area contributed by atoms with Gasteiger partial charge in [0.25, 0.3) is 0 Å². The van der Waals surface area contributed by atoms with Crippen molar-refractivity contribution in [3.63, 3.8) is 0 Å². The van der Waals surface area contributed by atoms with Crippen molar-refractivity contribution in [3.05, 3.63) is 33.4 Å². The van der Waals surface area contributed by atoms with Crippen LogP contribution in [0.15, 0.2) is 24.3 Å². The molecule has 0 aliphatic rings. The van der Waals surface area contributed by atoms with Crippen LogP contribution in [0.4, 0.5) is 0 Å². The molecule has 0 unspecified atom stereocenters. The molecule has 3 N–H and O–H groups in total. The monoisotopic (exact) mass is 405 g/mol. The molecule has 21 heavy (non-hydrogen) atoms. The van der Waals surface area contributed by atoms with E-state index in [0.29, 0.717) is 6.42 Å². The minimum atomic E-state index is -1.37. The van der Waals surface area contributed by atoms with Crippen molar-refractivity contribution in [2.75, 3.05) is 0 Å². The third-order valence-corrected chi connectivity index (χ3v) is 3.46. The maximum Gasteiger partial charge on any atom is 0.322 e. The van der Waals surface area contributed by atoms with Crippen molar-refractivity contribution >= 4 is 34.5 Å². The zero-order chi connectivity index (χ0) is 16.2. The molecule has 116 valence electrons. The summed E-state index contributed by atoms with van der Waals surface area (Å²) in [6.45, 7) is 5.07. The van der Waals surface area contributed by atoms with Gasteiger partial charge >= 0.3 is 11.9 Å². The number of hydrogen-bond donors (Lipinski definition) is 2. The fraction of sp³-hybridized carbons (Fsp3) is 0.467. The van der Waals surface area contributed by atoms with Crippen molar-refractivity contribution in [2.45, 2.75) is 38.8 Å². The summed E-state index contributed by atoms with van der Waals surface area (Å²) in [7, 11) is 0. The summed E-state index contributed by atoms with van der Waals surface area (Å²) < 4.78 is 6.21. The molecule has 0 heterocycles. The van der Waals surface area contributed by atoms with E-state index in [1.54, 1.807) is 20.8 Å². The molecule has 0 aliphatic heterocycles. The Bertz CT molecular complexity index is 507. The van der Waals surface area contributed by atoms with E-state index in [9.17, 15) is 14.7 Å². The standard InChI is InChI=1S/C15H20INO4/c1-15(2,3)21-14(20)12(13(18)19)11(17)8-9-4-6-10(16)7-5-9/h4-7,11-12H,8,17H2,1-3H3,(H,18,19)/t11-,12-/m0/s1. The summed E-state index contributed by atoms with van der Waals surface area (Å²) in [6, 6.07) is 6.72. The fourth-order valence-electron chi connectivity index (χ4n) is 1.83.